The summed E-state index contributed by atoms with van der Waals surface area (Å²) < 4.78 is 33.0. The highest BCUT2D eigenvalue weighted by molar-refractivity contribution is 7.89. The number of anilines is 1. The Hall–Kier alpha value is -1.93. The monoisotopic (exact) mass is 408 g/mol. The average Bonchev–Trinajstić information content (AvgIpc) is 2.61. The van der Waals surface area contributed by atoms with Gasteiger partial charge < -0.3 is 10.1 Å². The van der Waals surface area contributed by atoms with Gasteiger partial charge in [0.25, 0.3) is 5.91 Å². The van der Waals surface area contributed by atoms with Gasteiger partial charge in [-0.1, -0.05) is 23.7 Å². The smallest absolute Gasteiger partial charge is 0.255 e. The molecule has 0 unspecified atom stereocenters. The second-order valence-corrected chi connectivity index (χ2v) is 8.95. The zero-order chi connectivity index (χ0) is 19.6. The Labute approximate surface area is 164 Å². The third kappa shape index (κ3) is 4.68. The lowest BCUT2D eigenvalue weighted by molar-refractivity contribution is -0.0440. The molecule has 0 aromatic heterocycles. The van der Waals surface area contributed by atoms with Crippen molar-refractivity contribution in [2.45, 2.75) is 31.0 Å². The van der Waals surface area contributed by atoms with Gasteiger partial charge in [-0.05, 0) is 50.2 Å². The summed E-state index contributed by atoms with van der Waals surface area (Å²) in [7, 11) is -3.71. The second kappa shape index (κ2) is 7.98. The zero-order valence-corrected chi connectivity index (χ0v) is 16.6. The summed E-state index contributed by atoms with van der Waals surface area (Å²) in [5.41, 5.74) is 0.794. The SMILES string of the molecule is C[C@@H]1CN(S(=O)(=O)c2cccc(C(=O)Nc3cccc(Cl)c3)c2)C[C@H](C)O1. The lowest BCUT2D eigenvalue weighted by Crippen LogP contribution is -2.48. The van der Waals surface area contributed by atoms with Crippen LogP contribution >= 0.6 is 11.6 Å². The van der Waals surface area contributed by atoms with E-state index in [0.29, 0.717) is 10.7 Å². The summed E-state index contributed by atoms with van der Waals surface area (Å²) in [5, 5.41) is 3.22. The molecule has 1 fully saturated rings. The Morgan fingerprint density at radius 2 is 1.78 bits per heavy atom. The Kier molecular flexibility index (Phi) is 5.86. The fourth-order valence-electron chi connectivity index (χ4n) is 3.04. The number of carbonyl (C=O) groups is 1. The molecule has 2 atom stereocenters. The van der Waals surface area contributed by atoms with Gasteiger partial charge in [-0.25, -0.2) is 8.42 Å². The van der Waals surface area contributed by atoms with Crippen LogP contribution in [0, 0.1) is 0 Å². The summed E-state index contributed by atoms with van der Waals surface area (Å²) in [4.78, 5) is 12.6. The lowest BCUT2D eigenvalue weighted by atomic mass is 10.2. The number of hydrogen-bond acceptors (Lipinski definition) is 4. The van der Waals surface area contributed by atoms with Gasteiger partial charge in [0, 0.05) is 29.4 Å². The van der Waals surface area contributed by atoms with Crippen LogP contribution in [0.5, 0.6) is 0 Å². The standard InChI is InChI=1S/C19H21ClN2O4S/c1-13-11-22(12-14(2)26-13)27(24,25)18-8-3-5-15(9-18)19(23)21-17-7-4-6-16(20)10-17/h3-10,13-14H,11-12H2,1-2H3,(H,21,23)/t13-,14+. The number of nitrogens with one attached hydrogen (secondary N) is 1. The van der Waals surface area contributed by atoms with Gasteiger partial charge in [0.15, 0.2) is 0 Å². The highest BCUT2D eigenvalue weighted by Crippen LogP contribution is 2.22. The fourth-order valence-corrected chi connectivity index (χ4v) is 4.87. The molecule has 0 spiro atoms. The van der Waals surface area contributed by atoms with Crippen LogP contribution in [-0.4, -0.2) is 43.9 Å². The number of amides is 1. The van der Waals surface area contributed by atoms with Crippen LogP contribution in [-0.2, 0) is 14.8 Å². The van der Waals surface area contributed by atoms with Crippen molar-refractivity contribution in [2.75, 3.05) is 18.4 Å². The number of halogens is 1. The van der Waals surface area contributed by atoms with Gasteiger partial charge in [0.05, 0.1) is 17.1 Å². The molecule has 0 radical (unpaired) electrons. The summed E-state index contributed by atoms with van der Waals surface area (Å²) in [6.07, 6.45) is -0.365. The Morgan fingerprint density at radius 1 is 1.11 bits per heavy atom. The number of hydrogen-bond donors (Lipinski definition) is 1. The maximum absolute atomic E-state index is 13.0. The fraction of sp³-hybridized carbons (Fsp3) is 0.316. The molecule has 27 heavy (non-hydrogen) atoms. The Morgan fingerprint density at radius 3 is 2.44 bits per heavy atom. The van der Waals surface area contributed by atoms with Gasteiger partial charge in [-0.2, -0.15) is 4.31 Å². The first-order valence-corrected chi connectivity index (χ1v) is 10.4. The van der Waals surface area contributed by atoms with Crippen LogP contribution in [0.1, 0.15) is 24.2 Å². The van der Waals surface area contributed by atoms with E-state index in [9.17, 15) is 13.2 Å². The molecule has 0 bridgehead atoms. The van der Waals surface area contributed by atoms with E-state index in [1.165, 1.54) is 16.4 Å². The Balaban J connectivity index is 1.83. The van der Waals surface area contributed by atoms with E-state index in [1.54, 1.807) is 36.4 Å². The molecular formula is C19H21ClN2O4S. The van der Waals surface area contributed by atoms with E-state index in [4.69, 9.17) is 16.3 Å². The van der Waals surface area contributed by atoms with Gasteiger partial charge in [0.1, 0.15) is 0 Å². The van der Waals surface area contributed by atoms with Crippen LogP contribution in [0.25, 0.3) is 0 Å². The van der Waals surface area contributed by atoms with Crippen molar-refractivity contribution >= 4 is 33.2 Å². The summed E-state index contributed by atoms with van der Waals surface area (Å²) in [6, 6.07) is 12.8. The molecule has 1 amide bonds. The predicted molar refractivity (Wildman–Crippen MR) is 105 cm³/mol. The minimum atomic E-state index is -3.71. The van der Waals surface area contributed by atoms with Crippen LogP contribution in [0.15, 0.2) is 53.4 Å². The molecule has 1 N–H and O–H groups in total. The van der Waals surface area contributed by atoms with E-state index >= 15 is 0 Å². The molecule has 0 saturated carbocycles. The quantitative estimate of drug-likeness (QED) is 0.841. The molecule has 6 nitrogen and oxygen atoms in total. The van der Waals surface area contributed by atoms with Crippen molar-refractivity contribution in [1.29, 1.82) is 0 Å². The summed E-state index contributed by atoms with van der Waals surface area (Å²) in [6.45, 7) is 4.25. The van der Waals surface area contributed by atoms with E-state index in [2.05, 4.69) is 5.32 Å². The maximum atomic E-state index is 13.0. The van der Waals surface area contributed by atoms with Crippen molar-refractivity contribution in [3.63, 3.8) is 0 Å². The molecule has 0 aliphatic carbocycles. The normalized spacial score (nSPS) is 21.0. The molecule has 3 rings (SSSR count). The van der Waals surface area contributed by atoms with E-state index < -0.39 is 15.9 Å². The first-order valence-electron chi connectivity index (χ1n) is 8.58. The second-order valence-electron chi connectivity index (χ2n) is 6.57. The molecule has 2 aromatic carbocycles. The van der Waals surface area contributed by atoms with Gasteiger partial charge in [0.2, 0.25) is 10.0 Å². The molecular weight excluding hydrogens is 388 g/mol. The molecule has 8 heteroatoms. The van der Waals surface area contributed by atoms with Crippen LogP contribution < -0.4 is 5.32 Å². The van der Waals surface area contributed by atoms with Gasteiger partial charge >= 0.3 is 0 Å². The van der Waals surface area contributed by atoms with Crippen molar-refractivity contribution in [2.24, 2.45) is 0 Å². The van der Waals surface area contributed by atoms with Crippen molar-refractivity contribution in [3.05, 3.63) is 59.1 Å². The summed E-state index contributed by atoms with van der Waals surface area (Å²) >= 11 is 5.92. The van der Waals surface area contributed by atoms with Gasteiger partial charge in [-0.15, -0.1) is 0 Å². The number of nitrogens with zero attached hydrogens (tertiary/aromatic N) is 1. The molecule has 1 aliphatic heterocycles. The number of ether oxygens (including phenoxy) is 1. The highest BCUT2D eigenvalue weighted by Gasteiger charge is 2.32. The largest absolute Gasteiger partial charge is 0.373 e. The average molecular weight is 409 g/mol. The molecule has 1 heterocycles. The van der Waals surface area contributed by atoms with E-state index in [1.807, 2.05) is 13.8 Å². The number of rotatable bonds is 4. The third-order valence-corrected chi connectivity index (χ3v) is 6.27. The van der Waals surface area contributed by atoms with E-state index in [-0.39, 0.29) is 35.8 Å². The van der Waals surface area contributed by atoms with Crippen LogP contribution in [0.2, 0.25) is 5.02 Å². The van der Waals surface area contributed by atoms with Crippen LogP contribution in [0.4, 0.5) is 5.69 Å². The summed E-state index contributed by atoms with van der Waals surface area (Å²) in [5.74, 6) is -0.405. The lowest BCUT2D eigenvalue weighted by Gasteiger charge is -2.34. The third-order valence-electron chi connectivity index (χ3n) is 4.20. The first kappa shape index (κ1) is 19.8. The number of morpholine rings is 1. The molecule has 1 saturated heterocycles. The predicted octanol–water partition coefficient (Wildman–Crippen LogP) is 3.39. The minimum Gasteiger partial charge on any atom is -0.373 e. The molecule has 1 aliphatic rings. The van der Waals surface area contributed by atoms with Gasteiger partial charge in [-0.3, -0.25) is 4.79 Å². The molecule has 144 valence electrons. The minimum absolute atomic E-state index is 0.0857. The maximum Gasteiger partial charge on any atom is 0.255 e. The number of carbonyl (C=O) groups excluding carboxylic acids is 1. The van der Waals surface area contributed by atoms with Crippen molar-refractivity contribution in [1.82, 2.24) is 4.31 Å². The first-order chi connectivity index (χ1) is 12.8. The van der Waals surface area contributed by atoms with Crippen molar-refractivity contribution < 1.29 is 17.9 Å². The van der Waals surface area contributed by atoms with Crippen molar-refractivity contribution in [3.8, 4) is 0 Å². The highest BCUT2D eigenvalue weighted by atomic mass is 35.5. The topological polar surface area (TPSA) is 75.7 Å². The number of benzene rings is 2. The number of sulfonamides is 1. The van der Waals surface area contributed by atoms with Crippen LogP contribution in [0.3, 0.4) is 0 Å². The van der Waals surface area contributed by atoms with E-state index in [0.717, 1.165) is 0 Å². The molecule has 2 aromatic rings. The zero-order valence-electron chi connectivity index (χ0n) is 15.1. The Bertz CT molecular complexity index is 938.